The number of hydrogen-bond donors (Lipinski definition) is 3. The van der Waals surface area contributed by atoms with Gasteiger partial charge in [0.2, 0.25) is 11.8 Å². The van der Waals surface area contributed by atoms with Crippen LogP contribution in [0.25, 0.3) is 11.3 Å². The van der Waals surface area contributed by atoms with Crippen molar-refractivity contribution in [1.29, 1.82) is 0 Å². The van der Waals surface area contributed by atoms with E-state index >= 15 is 0 Å². The second-order valence-corrected chi connectivity index (χ2v) is 10.8. The molecule has 10 heteroatoms. The number of carbonyl (C=O) groups is 1. The highest BCUT2D eigenvalue weighted by molar-refractivity contribution is 5.79. The Hall–Kier alpha value is -4.67. The minimum Gasteiger partial charge on any atom is -0.486 e. The van der Waals surface area contributed by atoms with Gasteiger partial charge in [-0.25, -0.2) is 4.98 Å². The van der Waals surface area contributed by atoms with E-state index in [1.165, 1.54) is 11.1 Å². The summed E-state index contributed by atoms with van der Waals surface area (Å²) in [6.07, 6.45) is 4.78. The Balaban J connectivity index is 1.09. The van der Waals surface area contributed by atoms with Gasteiger partial charge in [-0.2, -0.15) is 0 Å². The maximum Gasteiger partial charge on any atom is 0.238 e. The van der Waals surface area contributed by atoms with Crippen molar-refractivity contribution in [3.8, 4) is 28.6 Å². The zero-order valence-corrected chi connectivity index (χ0v) is 24.8. The Kier molecular flexibility index (Phi) is 9.49. The summed E-state index contributed by atoms with van der Waals surface area (Å²) >= 11 is 0. The smallest absolute Gasteiger partial charge is 0.238 e. The molecule has 4 heterocycles. The molecule has 4 aromatic rings. The van der Waals surface area contributed by atoms with Crippen molar-refractivity contribution in [2.24, 2.45) is 5.92 Å². The van der Waals surface area contributed by atoms with Crippen LogP contribution < -0.4 is 30.2 Å². The number of nitrogens with one attached hydrogen (secondary N) is 3. The van der Waals surface area contributed by atoms with Crippen LogP contribution in [0, 0.1) is 5.92 Å². The molecule has 6 rings (SSSR count). The number of anilines is 2. The van der Waals surface area contributed by atoms with E-state index in [1.807, 2.05) is 54.6 Å². The second kappa shape index (κ2) is 14.2. The topological polar surface area (TPSA) is 116 Å². The number of ether oxygens (including phenoxy) is 4. The van der Waals surface area contributed by atoms with E-state index < -0.39 is 0 Å². The molecule has 1 saturated heterocycles. The van der Waals surface area contributed by atoms with E-state index in [2.05, 4.69) is 33.1 Å². The van der Waals surface area contributed by atoms with Crippen molar-refractivity contribution in [3.63, 3.8) is 0 Å². The van der Waals surface area contributed by atoms with Crippen LogP contribution in [0.2, 0.25) is 0 Å². The number of amides is 1. The van der Waals surface area contributed by atoms with Crippen molar-refractivity contribution in [1.82, 2.24) is 20.6 Å². The Labute approximate surface area is 257 Å². The third kappa shape index (κ3) is 7.27. The van der Waals surface area contributed by atoms with Crippen molar-refractivity contribution < 1.29 is 23.7 Å². The first-order valence-electron chi connectivity index (χ1n) is 14.9. The molecule has 10 nitrogen and oxygen atoms in total. The molecule has 2 aliphatic rings. The number of pyridine rings is 2. The van der Waals surface area contributed by atoms with E-state index in [1.54, 1.807) is 19.5 Å². The van der Waals surface area contributed by atoms with Crippen LogP contribution in [0.15, 0.2) is 79.1 Å². The first kappa shape index (κ1) is 29.4. The molecule has 3 N–H and O–H groups in total. The van der Waals surface area contributed by atoms with E-state index in [0.717, 1.165) is 42.9 Å². The highest BCUT2D eigenvalue weighted by Crippen LogP contribution is 2.41. The van der Waals surface area contributed by atoms with Crippen LogP contribution >= 0.6 is 0 Å². The number of hydrogen-bond acceptors (Lipinski definition) is 9. The van der Waals surface area contributed by atoms with Gasteiger partial charge in [0.15, 0.2) is 11.5 Å². The summed E-state index contributed by atoms with van der Waals surface area (Å²) < 4.78 is 23.4. The number of fused-ring (bicyclic) bond motifs is 1. The number of methoxy groups -OCH3 is 1. The predicted octanol–water partition coefficient (Wildman–Crippen LogP) is 4.87. The van der Waals surface area contributed by atoms with Crippen molar-refractivity contribution in [2.45, 2.75) is 32.0 Å². The van der Waals surface area contributed by atoms with Gasteiger partial charge in [-0.3, -0.25) is 9.78 Å². The first-order chi connectivity index (χ1) is 21.7. The minimum atomic E-state index is -0.316. The average molecular weight is 596 g/mol. The van der Waals surface area contributed by atoms with Crippen LogP contribution in [0.4, 0.5) is 11.4 Å². The van der Waals surface area contributed by atoms with Gasteiger partial charge in [0.25, 0.3) is 0 Å². The summed E-state index contributed by atoms with van der Waals surface area (Å²) in [5.41, 5.74) is 5.53. The number of benzene rings is 2. The number of nitrogens with zero attached hydrogens (tertiary/aromatic N) is 2. The Morgan fingerprint density at radius 2 is 1.73 bits per heavy atom. The van der Waals surface area contributed by atoms with Crippen molar-refractivity contribution >= 4 is 17.3 Å². The molecular formula is C34H37N5O5. The lowest BCUT2D eigenvalue weighted by atomic mass is 9.99. The molecular weight excluding hydrogens is 558 g/mol. The quantitative estimate of drug-likeness (QED) is 0.223. The third-order valence-corrected chi connectivity index (χ3v) is 7.75. The van der Waals surface area contributed by atoms with Crippen LogP contribution in [0.1, 0.15) is 24.0 Å². The second-order valence-electron chi connectivity index (χ2n) is 10.8. The van der Waals surface area contributed by atoms with Gasteiger partial charge in [0, 0.05) is 55.9 Å². The number of carbonyl (C=O) groups excluding carboxylic acids is 1. The van der Waals surface area contributed by atoms with Gasteiger partial charge in [-0.15, -0.1) is 0 Å². The summed E-state index contributed by atoms with van der Waals surface area (Å²) in [6.45, 7) is 3.51. The van der Waals surface area contributed by atoms with Crippen LogP contribution in [0.5, 0.6) is 17.4 Å². The lowest BCUT2D eigenvalue weighted by Gasteiger charge is -2.29. The molecule has 1 fully saturated rings. The van der Waals surface area contributed by atoms with Crippen molar-refractivity contribution in [3.05, 3.63) is 90.3 Å². The Bertz CT molecular complexity index is 1540. The minimum absolute atomic E-state index is 0.0158. The van der Waals surface area contributed by atoms with Gasteiger partial charge in [0.05, 0.1) is 19.3 Å². The molecule has 1 unspecified atom stereocenters. The zero-order chi connectivity index (χ0) is 30.1. The molecule has 0 saturated carbocycles. The molecule has 2 aromatic heterocycles. The van der Waals surface area contributed by atoms with E-state index in [9.17, 15) is 4.79 Å². The fraction of sp³-hybridized carbons (Fsp3) is 0.324. The standard InChI is InChI=1S/C34H37N5O5/c1-41-34-30(38-26-7-5-23(6-8-26)19-36-20-24-11-15-35-16-12-24)10-9-29(39-34)28-3-2-4-31-32(28)44-27(22-43-31)21-37-33(40)25-13-17-42-18-14-25/h2-12,15-16,25,27,36,38H,13-14,17-22H2,1H3,(H,37,40). The highest BCUT2D eigenvalue weighted by Gasteiger charge is 2.27. The lowest BCUT2D eigenvalue weighted by molar-refractivity contribution is -0.128. The SMILES string of the molecule is COc1nc(-c2cccc3c2OC(CNC(=O)C2CCOCC2)CO3)ccc1Nc1ccc(CNCc2ccncc2)cc1. The first-order valence-corrected chi connectivity index (χ1v) is 14.9. The number of rotatable bonds is 11. The molecule has 44 heavy (non-hydrogen) atoms. The fourth-order valence-corrected chi connectivity index (χ4v) is 5.31. The normalized spacial score (nSPS) is 16.2. The third-order valence-electron chi connectivity index (χ3n) is 7.75. The lowest BCUT2D eigenvalue weighted by Crippen LogP contribution is -2.43. The monoisotopic (exact) mass is 595 g/mol. The van der Waals surface area contributed by atoms with Gasteiger partial charge < -0.3 is 34.9 Å². The van der Waals surface area contributed by atoms with Gasteiger partial charge in [-0.1, -0.05) is 18.2 Å². The van der Waals surface area contributed by atoms with Crippen LogP contribution in [0.3, 0.4) is 0 Å². The predicted molar refractivity (Wildman–Crippen MR) is 167 cm³/mol. The summed E-state index contributed by atoms with van der Waals surface area (Å²) in [6, 6.07) is 21.9. The van der Waals surface area contributed by atoms with Crippen LogP contribution in [-0.4, -0.2) is 55.5 Å². The molecule has 1 atom stereocenters. The molecule has 0 aliphatic carbocycles. The molecule has 0 bridgehead atoms. The summed E-state index contributed by atoms with van der Waals surface area (Å²) in [4.78, 5) is 21.5. The Morgan fingerprint density at radius 1 is 0.955 bits per heavy atom. The maximum absolute atomic E-state index is 12.6. The summed E-state index contributed by atoms with van der Waals surface area (Å²) in [7, 11) is 1.60. The van der Waals surface area contributed by atoms with Gasteiger partial charge >= 0.3 is 0 Å². The summed E-state index contributed by atoms with van der Waals surface area (Å²) in [5, 5.41) is 9.91. The molecule has 0 spiro atoms. The number of para-hydroxylation sites is 1. The molecule has 1 amide bonds. The number of aromatic nitrogens is 2. The maximum atomic E-state index is 12.6. The zero-order valence-electron chi connectivity index (χ0n) is 24.8. The van der Waals surface area contributed by atoms with E-state index in [0.29, 0.717) is 49.4 Å². The molecule has 2 aliphatic heterocycles. The van der Waals surface area contributed by atoms with Gasteiger partial charge in [0.1, 0.15) is 18.4 Å². The van der Waals surface area contributed by atoms with Crippen molar-refractivity contribution in [2.75, 3.05) is 38.8 Å². The van der Waals surface area contributed by atoms with E-state index in [-0.39, 0.29) is 17.9 Å². The van der Waals surface area contributed by atoms with Gasteiger partial charge in [-0.05, 0) is 72.5 Å². The molecule has 0 radical (unpaired) electrons. The molecule has 228 valence electrons. The summed E-state index contributed by atoms with van der Waals surface area (Å²) in [5.74, 6) is 1.73. The average Bonchev–Trinajstić information content (AvgIpc) is 3.08. The van der Waals surface area contributed by atoms with Crippen LogP contribution in [-0.2, 0) is 22.6 Å². The highest BCUT2D eigenvalue weighted by atomic mass is 16.6. The van der Waals surface area contributed by atoms with E-state index in [4.69, 9.17) is 23.9 Å². The Morgan fingerprint density at radius 3 is 2.50 bits per heavy atom. The fourth-order valence-electron chi connectivity index (χ4n) is 5.31. The molecule has 2 aromatic carbocycles. The largest absolute Gasteiger partial charge is 0.486 e.